The fraction of sp³-hybridized carbons (Fsp3) is 0.818. The molecule has 0 heterocycles. The average molecular weight is 736 g/mol. The Kier molecular flexibility index (Phi) is 24.8. The fourth-order valence-electron chi connectivity index (χ4n) is 4.89. The maximum atomic E-state index is 13.5. The van der Waals surface area contributed by atoms with E-state index in [0.29, 0.717) is 38.8 Å². The third-order valence-electron chi connectivity index (χ3n) is 8.09. The molecule has 0 radical (unpaired) electrons. The number of ketones is 1. The number of aliphatic hydroxyl groups excluding tert-OH is 4. The van der Waals surface area contributed by atoms with Gasteiger partial charge in [-0.05, 0) is 57.8 Å². The molecule has 18 heteroatoms. The van der Waals surface area contributed by atoms with Gasteiger partial charge < -0.3 is 63.2 Å². The van der Waals surface area contributed by atoms with E-state index in [0.717, 1.165) is 13.5 Å². The summed E-state index contributed by atoms with van der Waals surface area (Å²) in [5.74, 6) is -4.71. The first kappa shape index (κ1) is 47.7. The molecular formula is C33H65N7O11+2. The van der Waals surface area contributed by atoms with Crippen LogP contribution in [0.5, 0.6) is 0 Å². The van der Waals surface area contributed by atoms with Gasteiger partial charge in [0, 0.05) is 18.5 Å². The number of carbonyl (C=O) groups excluding carboxylic acids is 6. The molecule has 0 aromatic heterocycles. The Morgan fingerprint density at radius 2 is 1.10 bits per heavy atom. The van der Waals surface area contributed by atoms with Gasteiger partial charge in [0.2, 0.25) is 17.7 Å². The van der Waals surface area contributed by atoms with Crippen LogP contribution in [0.2, 0.25) is 0 Å². The third-order valence-corrected chi connectivity index (χ3v) is 8.09. The summed E-state index contributed by atoms with van der Waals surface area (Å²) in [6.07, 6.45) is -4.48. The monoisotopic (exact) mass is 735 g/mol. The summed E-state index contributed by atoms with van der Waals surface area (Å²) in [6.45, 7) is 8.01. The van der Waals surface area contributed by atoms with Crippen molar-refractivity contribution in [2.45, 2.75) is 134 Å². The van der Waals surface area contributed by atoms with Crippen LogP contribution in [0.3, 0.4) is 0 Å². The van der Waals surface area contributed by atoms with E-state index in [1.807, 2.05) is 13.8 Å². The zero-order valence-corrected chi connectivity index (χ0v) is 30.9. The maximum Gasteiger partial charge on any atom is 0.328 e. The van der Waals surface area contributed by atoms with Crippen LogP contribution in [0.4, 0.5) is 0 Å². The number of quaternary nitrogens is 2. The standard InChI is InChI=1S/C33H63N7O11/c1-19(2)25(42)26(43)27(44)28(45)29(46)32(49)36-17-11-8-14-23(33(50)51-5)40-31(48)22(13-7-10-16-35)39-30(47)21(12-6-9-15-34)38-24(41)18-37-20(3)4/h19-23,26-29,37,43-46H,6-18,34-35H2,1-5H3,(H,36,49)(H,38,41)(H,39,47)(H,40,48)/p+2/t21-,22-,23-,26?,27?,28?,29?/m0/s1. The summed E-state index contributed by atoms with van der Waals surface area (Å²) in [5.41, 5.74) is 7.63. The number of hydrogen-bond donors (Lipinski definition) is 11. The van der Waals surface area contributed by atoms with Crippen molar-refractivity contribution >= 4 is 35.4 Å². The number of aliphatic hydroxyl groups is 4. The van der Waals surface area contributed by atoms with Crippen LogP contribution in [0.25, 0.3) is 0 Å². The molecule has 0 aromatic rings. The second-order valence-corrected chi connectivity index (χ2v) is 13.2. The molecule has 18 nitrogen and oxygen atoms in total. The predicted octanol–water partition coefficient (Wildman–Crippen LogP) is -4.61. The van der Waals surface area contributed by atoms with Gasteiger partial charge in [-0.25, -0.2) is 4.79 Å². The van der Waals surface area contributed by atoms with E-state index in [4.69, 9.17) is 4.74 Å². The maximum absolute atomic E-state index is 13.5. The van der Waals surface area contributed by atoms with Crippen molar-refractivity contribution in [2.75, 3.05) is 33.3 Å². The van der Waals surface area contributed by atoms with Crippen LogP contribution in [-0.2, 0) is 33.5 Å². The van der Waals surface area contributed by atoms with E-state index in [1.54, 1.807) is 0 Å². The lowest BCUT2D eigenvalue weighted by Gasteiger charge is -2.26. The highest BCUT2D eigenvalue weighted by Crippen LogP contribution is 2.11. The third kappa shape index (κ3) is 19.2. The number of rotatable bonds is 28. The Balaban J connectivity index is 5.41. The van der Waals surface area contributed by atoms with Gasteiger partial charge in [-0.3, -0.25) is 24.0 Å². The average Bonchev–Trinajstić information content (AvgIpc) is 3.10. The molecular weight excluding hydrogens is 670 g/mol. The van der Waals surface area contributed by atoms with Gasteiger partial charge in [-0.1, -0.05) is 27.7 Å². The smallest absolute Gasteiger partial charge is 0.328 e. The van der Waals surface area contributed by atoms with E-state index in [-0.39, 0.29) is 50.7 Å². The molecule has 0 fully saturated rings. The van der Waals surface area contributed by atoms with Gasteiger partial charge in [-0.15, -0.1) is 0 Å². The summed E-state index contributed by atoms with van der Waals surface area (Å²) < 4.78 is 4.87. The van der Waals surface area contributed by atoms with Gasteiger partial charge in [0.1, 0.15) is 36.4 Å². The molecule has 0 saturated carbocycles. The minimum Gasteiger partial charge on any atom is -0.467 e. The van der Waals surface area contributed by atoms with Crippen molar-refractivity contribution in [1.29, 1.82) is 0 Å². The summed E-state index contributed by atoms with van der Waals surface area (Å²) in [4.78, 5) is 76.2. The number of carbonyl (C=O) groups is 6. The number of methoxy groups -OCH3 is 1. The highest BCUT2D eigenvalue weighted by Gasteiger charge is 2.38. The Morgan fingerprint density at radius 1 is 0.627 bits per heavy atom. The molecule has 0 aliphatic rings. The molecule has 4 amide bonds. The Labute approximate surface area is 300 Å². The Hall–Kier alpha value is -3.26. The molecule has 0 bridgehead atoms. The molecule has 0 rings (SSSR count). The summed E-state index contributed by atoms with van der Waals surface area (Å²) in [5, 5.41) is 53.7. The molecule has 296 valence electrons. The molecule has 7 atom stereocenters. The van der Waals surface area contributed by atoms with Crippen molar-refractivity contribution in [3.8, 4) is 0 Å². The Bertz CT molecular complexity index is 1080. The molecule has 0 aliphatic heterocycles. The number of unbranched alkanes of at least 4 members (excludes halogenated alkanes) is 3. The van der Waals surface area contributed by atoms with Crippen LogP contribution in [0, 0.1) is 5.92 Å². The first-order valence-corrected chi connectivity index (χ1v) is 17.9. The number of nitrogens with one attached hydrogen (secondary N) is 5. The summed E-state index contributed by atoms with van der Waals surface area (Å²) in [7, 11) is 1.16. The largest absolute Gasteiger partial charge is 0.467 e. The van der Waals surface area contributed by atoms with Crippen molar-refractivity contribution in [2.24, 2.45) is 5.92 Å². The molecule has 4 unspecified atom stereocenters. The van der Waals surface area contributed by atoms with Crippen molar-refractivity contribution in [1.82, 2.24) is 26.6 Å². The molecule has 51 heavy (non-hydrogen) atoms. The first-order valence-electron chi connectivity index (χ1n) is 17.9. The van der Waals surface area contributed by atoms with Gasteiger partial charge in [0.05, 0.1) is 26.7 Å². The molecule has 0 aliphatic carbocycles. The Morgan fingerprint density at radius 3 is 1.59 bits per heavy atom. The second kappa shape index (κ2) is 26.5. The highest BCUT2D eigenvalue weighted by molar-refractivity contribution is 5.93. The van der Waals surface area contributed by atoms with Gasteiger partial charge in [0.25, 0.3) is 5.91 Å². The van der Waals surface area contributed by atoms with Crippen molar-refractivity contribution in [3.05, 3.63) is 0 Å². The van der Waals surface area contributed by atoms with Crippen LogP contribution in [-0.4, -0.2) is 138 Å². The van der Waals surface area contributed by atoms with Crippen molar-refractivity contribution < 1.29 is 65.4 Å². The molecule has 0 saturated heterocycles. The topological polar surface area (TPSA) is 308 Å². The SMILES string of the molecule is COC(=O)[C@H](CCCCNC(=O)C(O)C(O)C(O)C(O)C(=O)C(C)C)NC(=O)[C@H](CCCC[NH3+])NC(=O)[C@H](CCCC[NH3+])NC(=O)CNC(C)C. The second-order valence-electron chi connectivity index (χ2n) is 13.2. The lowest BCUT2D eigenvalue weighted by molar-refractivity contribution is -0.369. The number of hydrogen-bond acceptors (Lipinski definition) is 12. The van der Waals surface area contributed by atoms with Crippen LogP contribution < -0.4 is 38.1 Å². The van der Waals surface area contributed by atoms with E-state index < -0.39 is 77.9 Å². The lowest BCUT2D eigenvalue weighted by atomic mass is 9.94. The quantitative estimate of drug-likeness (QED) is 0.0267. The van der Waals surface area contributed by atoms with E-state index in [1.165, 1.54) is 13.8 Å². The summed E-state index contributed by atoms with van der Waals surface area (Å²) >= 11 is 0. The molecule has 0 spiro atoms. The molecule has 0 aromatic carbocycles. The van der Waals surface area contributed by atoms with E-state index in [9.17, 15) is 49.2 Å². The normalized spacial score (nSPS) is 15.5. The van der Waals surface area contributed by atoms with Crippen molar-refractivity contribution in [3.63, 3.8) is 0 Å². The predicted molar refractivity (Wildman–Crippen MR) is 185 cm³/mol. The zero-order chi connectivity index (χ0) is 39.1. The fourth-order valence-corrected chi connectivity index (χ4v) is 4.89. The van der Waals surface area contributed by atoms with E-state index in [2.05, 4.69) is 38.1 Å². The van der Waals surface area contributed by atoms with Crippen LogP contribution in [0.1, 0.15) is 85.5 Å². The summed E-state index contributed by atoms with van der Waals surface area (Å²) in [6, 6.07) is -2.94. The first-order chi connectivity index (χ1) is 24.0. The van der Waals surface area contributed by atoms with Gasteiger partial charge in [-0.2, -0.15) is 0 Å². The lowest BCUT2D eigenvalue weighted by Crippen LogP contribution is -2.56. The van der Waals surface area contributed by atoms with Crippen LogP contribution in [0.15, 0.2) is 0 Å². The minimum absolute atomic E-state index is 0.0189. The number of Topliss-reactive ketones (excluding diaryl/α,β-unsaturated/α-hetero) is 1. The number of ether oxygens (including phenoxy) is 1. The van der Waals surface area contributed by atoms with Crippen LogP contribution >= 0.6 is 0 Å². The van der Waals surface area contributed by atoms with Gasteiger partial charge in [0.15, 0.2) is 11.9 Å². The minimum atomic E-state index is -2.14. The highest BCUT2D eigenvalue weighted by atomic mass is 16.5. The van der Waals surface area contributed by atoms with Gasteiger partial charge >= 0.3 is 5.97 Å². The molecule has 15 N–H and O–H groups in total. The number of amides is 4. The zero-order valence-electron chi connectivity index (χ0n) is 30.9. The number of esters is 1. The van der Waals surface area contributed by atoms with E-state index >= 15 is 0 Å².